The zero-order chi connectivity index (χ0) is 23.0. The van der Waals surface area contributed by atoms with Crippen LogP contribution in [-0.4, -0.2) is 45.8 Å². The second kappa shape index (κ2) is 8.29. The molecule has 9 heteroatoms. The molecular formula is C23H23F3N4O2. The zero-order valence-corrected chi connectivity index (χ0v) is 17.7. The van der Waals surface area contributed by atoms with Gasteiger partial charge in [0.05, 0.1) is 24.5 Å². The van der Waals surface area contributed by atoms with Crippen LogP contribution in [-0.2, 0) is 6.18 Å². The number of carbonyl (C=O) groups is 2. The molecule has 168 valence electrons. The van der Waals surface area contributed by atoms with Crippen LogP contribution in [0.3, 0.4) is 0 Å². The van der Waals surface area contributed by atoms with Crippen molar-refractivity contribution in [2.45, 2.75) is 32.5 Å². The first-order valence-corrected chi connectivity index (χ1v) is 10.4. The van der Waals surface area contributed by atoms with Gasteiger partial charge in [-0.15, -0.1) is 0 Å². The molecule has 32 heavy (non-hydrogen) atoms. The van der Waals surface area contributed by atoms with Crippen LogP contribution in [0.2, 0.25) is 0 Å². The molecule has 0 radical (unpaired) electrons. The average molecular weight is 444 g/mol. The number of urea groups is 1. The number of para-hydroxylation sites is 1. The summed E-state index contributed by atoms with van der Waals surface area (Å²) < 4.78 is 38.5. The molecule has 1 N–H and O–H groups in total. The average Bonchev–Trinajstić information content (AvgIpc) is 3.29. The van der Waals surface area contributed by atoms with E-state index in [0.717, 1.165) is 23.2 Å². The highest BCUT2D eigenvalue weighted by Gasteiger charge is 2.40. The summed E-state index contributed by atoms with van der Waals surface area (Å²) in [6.07, 6.45) is -1.19. The first kappa shape index (κ1) is 21.9. The highest BCUT2D eigenvalue weighted by atomic mass is 19.4. The number of Topliss-reactive ketones (excluding diaryl/α,β-unsaturated/α-hetero) is 1. The Morgan fingerprint density at radius 1 is 1.22 bits per heavy atom. The molecule has 0 aliphatic carbocycles. The molecule has 0 unspecified atom stereocenters. The van der Waals surface area contributed by atoms with Crippen molar-refractivity contribution in [3.05, 3.63) is 60.0 Å². The normalized spacial score (nSPS) is 17.1. The van der Waals surface area contributed by atoms with Gasteiger partial charge in [-0.05, 0) is 30.5 Å². The van der Waals surface area contributed by atoms with Crippen LogP contribution in [0.25, 0.3) is 10.9 Å². The number of H-pyrrole nitrogens is 1. The summed E-state index contributed by atoms with van der Waals surface area (Å²) in [6.45, 7) is 4.22. The first-order valence-electron chi connectivity index (χ1n) is 10.4. The minimum atomic E-state index is -4.55. The Morgan fingerprint density at radius 2 is 1.97 bits per heavy atom. The van der Waals surface area contributed by atoms with E-state index >= 15 is 0 Å². The molecule has 0 spiro atoms. The number of rotatable bonds is 6. The van der Waals surface area contributed by atoms with E-state index in [-0.39, 0.29) is 36.5 Å². The van der Waals surface area contributed by atoms with Gasteiger partial charge < -0.3 is 9.88 Å². The molecular weight excluding hydrogens is 421 g/mol. The smallest absolute Gasteiger partial charge is 0.360 e. The number of ketones is 1. The summed E-state index contributed by atoms with van der Waals surface area (Å²) >= 11 is 0. The fourth-order valence-corrected chi connectivity index (χ4v) is 4.11. The van der Waals surface area contributed by atoms with Crippen LogP contribution >= 0.6 is 0 Å². The van der Waals surface area contributed by atoms with Gasteiger partial charge in [0.15, 0.2) is 5.78 Å². The predicted octanol–water partition coefficient (Wildman–Crippen LogP) is 5.12. The van der Waals surface area contributed by atoms with E-state index in [0.29, 0.717) is 12.0 Å². The highest BCUT2D eigenvalue weighted by molar-refractivity contribution is 6.10. The van der Waals surface area contributed by atoms with E-state index in [4.69, 9.17) is 0 Å². The van der Waals surface area contributed by atoms with E-state index in [1.807, 2.05) is 38.1 Å². The molecule has 0 bridgehead atoms. The fourth-order valence-electron chi connectivity index (χ4n) is 4.11. The van der Waals surface area contributed by atoms with Crippen molar-refractivity contribution >= 4 is 28.4 Å². The van der Waals surface area contributed by atoms with E-state index in [1.54, 1.807) is 6.20 Å². The third-order valence-corrected chi connectivity index (χ3v) is 5.61. The summed E-state index contributed by atoms with van der Waals surface area (Å²) in [5.74, 6) is 0.0705. The maximum atomic E-state index is 13.2. The fraction of sp³-hybridized carbons (Fsp3) is 0.348. The van der Waals surface area contributed by atoms with E-state index in [9.17, 15) is 22.8 Å². The number of benzene rings is 1. The lowest BCUT2D eigenvalue weighted by molar-refractivity contribution is -0.141. The molecule has 2 aromatic heterocycles. The largest absolute Gasteiger partial charge is 0.433 e. The summed E-state index contributed by atoms with van der Waals surface area (Å²) in [5.41, 5.74) is 0.600. The third kappa shape index (κ3) is 4.19. The number of alkyl halides is 3. The number of amides is 2. The minimum absolute atomic E-state index is 0.109. The van der Waals surface area contributed by atoms with E-state index < -0.39 is 17.9 Å². The standard InChI is InChI=1S/C23H23F3N4O2/c1-14(2)9-16-12-29(15-7-8-21(28-10-15)23(24,25)26)22(32)30(16)13-20(31)18-11-27-19-6-4-3-5-17(18)19/h3-8,10-11,14,16,27H,9,12-13H2,1-2H3/t16-/m0/s1. The quantitative estimate of drug-likeness (QED) is 0.537. The molecule has 1 atom stereocenters. The number of hydrogen-bond donors (Lipinski definition) is 1. The van der Waals surface area contributed by atoms with E-state index in [2.05, 4.69) is 9.97 Å². The molecule has 0 saturated carbocycles. The van der Waals surface area contributed by atoms with Gasteiger partial charge in [-0.1, -0.05) is 32.0 Å². The Hall–Kier alpha value is -3.36. The number of hydrogen-bond acceptors (Lipinski definition) is 3. The van der Waals surface area contributed by atoms with Gasteiger partial charge >= 0.3 is 12.2 Å². The number of pyridine rings is 1. The lowest BCUT2D eigenvalue weighted by Gasteiger charge is -2.23. The molecule has 3 aromatic rings. The number of aromatic amines is 1. The number of aromatic nitrogens is 2. The van der Waals surface area contributed by atoms with Crippen molar-refractivity contribution in [1.29, 1.82) is 0 Å². The molecule has 1 saturated heterocycles. The Kier molecular flexibility index (Phi) is 5.66. The number of anilines is 1. The molecule has 4 rings (SSSR count). The Labute approximate surface area is 183 Å². The molecule has 2 amide bonds. The monoisotopic (exact) mass is 444 g/mol. The van der Waals surface area contributed by atoms with Crippen LogP contribution in [0, 0.1) is 5.92 Å². The Balaban J connectivity index is 1.58. The van der Waals surface area contributed by atoms with Gasteiger partial charge in [0, 0.05) is 29.2 Å². The number of carbonyl (C=O) groups excluding carboxylic acids is 2. The lowest BCUT2D eigenvalue weighted by atomic mass is 10.0. The summed E-state index contributed by atoms with van der Waals surface area (Å²) in [7, 11) is 0. The summed E-state index contributed by atoms with van der Waals surface area (Å²) in [6, 6.07) is 8.88. The van der Waals surface area contributed by atoms with Gasteiger partial charge in [-0.25, -0.2) is 9.78 Å². The maximum absolute atomic E-state index is 13.2. The van der Waals surface area contributed by atoms with Crippen LogP contribution in [0.15, 0.2) is 48.8 Å². The van der Waals surface area contributed by atoms with Crippen molar-refractivity contribution in [3.8, 4) is 0 Å². The number of halogens is 3. The second-order valence-electron chi connectivity index (χ2n) is 8.37. The Morgan fingerprint density at radius 3 is 2.62 bits per heavy atom. The van der Waals surface area contributed by atoms with Gasteiger partial charge in [0.1, 0.15) is 5.69 Å². The predicted molar refractivity (Wildman–Crippen MR) is 115 cm³/mol. The maximum Gasteiger partial charge on any atom is 0.433 e. The number of nitrogens with one attached hydrogen (secondary N) is 1. The number of nitrogens with zero attached hydrogens (tertiary/aromatic N) is 3. The van der Waals surface area contributed by atoms with Gasteiger partial charge in [-0.2, -0.15) is 13.2 Å². The zero-order valence-electron chi connectivity index (χ0n) is 17.7. The van der Waals surface area contributed by atoms with Gasteiger partial charge in [0.25, 0.3) is 0 Å². The summed E-state index contributed by atoms with van der Waals surface area (Å²) in [5, 5.41) is 0.786. The van der Waals surface area contributed by atoms with Gasteiger partial charge in [-0.3, -0.25) is 9.69 Å². The Bertz CT molecular complexity index is 1140. The first-order chi connectivity index (χ1) is 15.1. The van der Waals surface area contributed by atoms with Crippen molar-refractivity contribution in [1.82, 2.24) is 14.9 Å². The van der Waals surface area contributed by atoms with E-state index in [1.165, 1.54) is 15.9 Å². The van der Waals surface area contributed by atoms with Crippen LogP contribution < -0.4 is 4.90 Å². The topological polar surface area (TPSA) is 69.3 Å². The van der Waals surface area contributed by atoms with Crippen molar-refractivity contribution < 1.29 is 22.8 Å². The molecule has 1 aliphatic heterocycles. The molecule has 1 aromatic carbocycles. The second-order valence-corrected chi connectivity index (χ2v) is 8.37. The van der Waals surface area contributed by atoms with Crippen molar-refractivity contribution in [2.24, 2.45) is 5.92 Å². The third-order valence-electron chi connectivity index (χ3n) is 5.61. The van der Waals surface area contributed by atoms with Gasteiger partial charge in [0.2, 0.25) is 0 Å². The van der Waals surface area contributed by atoms with Crippen LogP contribution in [0.1, 0.15) is 36.3 Å². The SMILES string of the molecule is CC(C)C[C@H]1CN(c2ccc(C(F)(F)F)nc2)C(=O)N1CC(=O)c1c[nH]c2ccccc12. The lowest BCUT2D eigenvalue weighted by Crippen LogP contribution is -2.39. The van der Waals surface area contributed by atoms with Crippen molar-refractivity contribution in [3.63, 3.8) is 0 Å². The van der Waals surface area contributed by atoms with Crippen LogP contribution in [0.5, 0.6) is 0 Å². The number of fused-ring (bicyclic) bond motifs is 1. The molecule has 3 heterocycles. The highest BCUT2D eigenvalue weighted by Crippen LogP contribution is 2.31. The molecule has 1 aliphatic rings. The molecule has 1 fully saturated rings. The summed E-state index contributed by atoms with van der Waals surface area (Å²) in [4.78, 5) is 35.7. The minimum Gasteiger partial charge on any atom is -0.360 e. The van der Waals surface area contributed by atoms with Crippen LogP contribution in [0.4, 0.5) is 23.7 Å². The molecule has 6 nitrogen and oxygen atoms in total. The van der Waals surface area contributed by atoms with Crippen molar-refractivity contribution in [2.75, 3.05) is 18.0 Å².